The number of nitro benzene ring substituents is 1. The van der Waals surface area contributed by atoms with Gasteiger partial charge in [-0.25, -0.2) is 4.39 Å². The number of nitrogens with zero attached hydrogens (tertiary/aromatic N) is 1. The highest BCUT2D eigenvalue weighted by atomic mass is 19.1. The summed E-state index contributed by atoms with van der Waals surface area (Å²) < 4.78 is 14.0. The third-order valence-corrected chi connectivity index (χ3v) is 4.18. The number of halogens is 1. The standard InChI is InChI=1S/C15H19FN2O3/c1-10-7-11(18(20)21)8-12(13(10)16)14(19)17-9-15(2)5-3-4-6-15/h7-8H,3-6,9H2,1-2H3,(H,17,19). The average Bonchev–Trinajstić information content (AvgIpc) is 2.86. The molecule has 114 valence electrons. The molecule has 1 aromatic rings. The van der Waals surface area contributed by atoms with Crippen LogP contribution in [0.1, 0.15) is 48.5 Å². The second-order valence-corrected chi connectivity index (χ2v) is 6.08. The molecule has 0 atom stereocenters. The average molecular weight is 294 g/mol. The van der Waals surface area contributed by atoms with Crippen LogP contribution in [0.4, 0.5) is 10.1 Å². The normalized spacial score (nSPS) is 16.7. The molecule has 2 rings (SSSR count). The number of rotatable bonds is 4. The van der Waals surface area contributed by atoms with E-state index in [0.29, 0.717) is 6.54 Å². The van der Waals surface area contributed by atoms with Crippen molar-refractivity contribution in [1.82, 2.24) is 5.32 Å². The largest absolute Gasteiger partial charge is 0.351 e. The maximum atomic E-state index is 14.0. The highest BCUT2D eigenvalue weighted by Crippen LogP contribution is 2.36. The van der Waals surface area contributed by atoms with Gasteiger partial charge in [0.05, 0.1) is 10.5 Å². The molecule has 1 saturated carbocycles. The van der Waals surface area contributed by atoms with E-state index in [2.05, 4.69) is 12.2 Å². The Kier molecular flexibility index (Phi) is 4.25. The molecular weight excluding hydrogens is 275 g/mol. The monoisotopic (exact) mass is 294 g/mol. The molecule has 5 nitrogen and oxygen atoms in total. The number of nitro groups is 1. The molecule has 1 fully saturated rings. The van der Waals surface area contributed by atoms with Gasteiger partial charge in [0.2, 0.25) is 0 Å². The van der Waals surface area contributed by atoms with Crippen LogP contribution in [0.5, 0.6) is 0 Å². The van der Waals surface area contributed by atoms with Crippen molar-refractivity contribution in [2.45, 2.75) is 39.5 Å². The van der Waals surface area contributed by atoms with Crippen LogP contribution < -0.4 is 5.32 Å². The first-order valence-electron chi connectivity index (χ1n) is 7.05. The molecule has 6 heteroatoms. The summed E-state index contributed by atoms with van der Waals surface area (Å²) >= 11 is 0. The molecule has 0 aromatic heterocycles. The van der Waals surface area contributed by atoms with E-state index >= 15 is 0 Å². The van der Waals surface area contributed by atoms with E-state index in [4.69, 9.17) is 0 Å². The number of carbonyl (C=O) groups is 1. The number of nitrogens with one attached hydrogen (secondary N) is 1. The molecule has 0 heterocycles. The molecule has 1 aliphatic rings. The smallest absolute Gasteiger partial charge is 0.270 e. The molecule has 1 aliphatic carbocycles. The molecule has 1 amide bonds. The Morgan fingerprint density at radius 2 is 2.05 bits per heavy atom. The molecule has 0 bridgehead atoms. The van der Waals surface area contributed by atoms with Gasteiger partial charge in [0, 0.05) is 18.7 Å². The third kappa shape index (κ3) is 3.37. The van der Waals surface area contributed by atoms with E-state index in [1.165, 1.54) is 6.92 Å². The first-order chi connectivity index (χ1) is 9.82. The zero-order valence-electron chi connectivity index (χ0n) is 12.2. The predicted molar refractivity (Wildman–Crippen MR) is 76.7 cm³/mol. The van der Waals surface area contributed by atoms with Crippen molar-refractivity contribution in [1.29, 1.82) is 0 Å². The Morgan fingerprint density at radius 3 is 2.62 bits per heavy atom. The van der Waals surface area contributed by atoms with Gasteiger partial charge in [-0.15, -0.1) is 0 Å². The van der Waals surface area contributed by atoms with Crippen LogP contribution in [-0.4, -0.2) is 17.4 Å². The maximum Gasteiger partial charge on any atom is 0.270 e. The summed E-state index contributed by atoms with van der Waals surface area (Å²) in [5, 5.41) is 13.5. The molecule has 0 aliphatic heterocycles. The van der Waals surface area contributed by atoms with Crippen molar-refractivity contribution in [2.24, 2.45) is 5.41 Å². The Hall–Kier alpha value is -1.98. The van der Waals surface area contributed by atoms with Gasteiger partial charge in [0.1, 0.15) is 5.82 Å². The molecule has 21 heavy (non-hydrogen) atoms. The van der Waals surface area contributed by atoms with E-state index in [1.54, 1.807) is 0 Å². The van der Waals surface area contributed by atoms with E-state index < -0.39 is 16.6 Å². The minimum atomic E-state index is -0.699. The van der Waals surface area contributed by atoms with Crippen molar-refractivity contribution in [3.63, 3.8) is 0 Å². The topological polar surface area (TPSA) is 72.2 Å². The fourth-order valence-electron chi connectivity index (χ4n) is 2.82. The van der Waals surface area contributed by atoms with E-state index in [0.717, 1.165) is 37.8 Å². The zero-order chi connectivity index (χ0) is 15.6. The lowest BCUT2D eigenvalue weighted by Crippen LogP contribution is -2.34. The molecule has 1 N–H and O–H groups in total. The summed E-state index contributed by atoms with van der Waals surface area (Å²) in [6, 6.07) is 2.12. The Bertz CT molecular complexity index is 581. The van der Waals surface area contributed by atoms with Gasteiger partial charge in [-0.2, -0.15) is 0 Å². The SMILES string of the molecule is Cc1cc([N+](=O)[O-])cc(C(=O)NCC2(C)CCCC2)c1F. The van der Waals surface area contributed by atoms with Crippen molar-refractivity contribution in [3.05, 3.63) is 39.2 Å². The maximum absolute atomic E-state index is 14.0. The molecule has 1 aromatic carbocycles. The highest BCUT2D eigenvalue weighted by Gasteiger charge is 2.29. The van der Waals surface area contributed by atoms with E-state index in [9.17, 15) is 19.3 Å². The Morgan fingerprint density at radius 1 is 1.43 bits per heavy atom. The van der Waals surface area contributed by atoms with Crippen LogP contribution in [0.15, 0.2) is 12.1 Å². The predicted octanol–water partition coefficient (Wildman–Crippen LogP) is 3.35. The number of hydrogen-bond donors (Lipinski definition) is 1. The second kappa shape index (κ2) is 5.79. The quantitative estimate of drug-likeness (QED) is 0.683. The summed E-state index contributed by atoms with van der Waals surface area (Å²) in [7, 11) is 0. The molecule has 0 saturated heterocycles. The number of aryl methyl sites for hydroxylation is 1. The fraction of sp³-hybridized carbons (Fsp3) is 0.533. The van der Waals surface area contributed by atoms with Crippen LogP contribution in [0.3, 0.4) is 0 Å². The molecule has 0 spiro atoms. The van der Waals surface area contributed by atoms with Crippen molar-refractivity contribution >= 4 is 11.6 Å². The number of benzene rings is 1. The number of non-ortho nitro benzene ring substituents is 1. The molecular formula is C15H19FN2O3. The van der Waals surface area contributed by atoms with Gasteiger partial charge in [-0.05, 0) is 30.7 Å². The van der Waals surface area contributed by atoms with Gasteiger partial charge >= 0.3 is 0 Å². The minimum Gasteiger partial charge on any atom is -0.351 e. The van der Waals surface area contributed by atoms with Gasteiger partial charge in [0.15, 0.2) is 0 Å². The summed E-state index contributed by atoms with van der Waals surface area (Å²) in [6.45, 7) is 3.97. The van der Waals surface area contributed by atoms with Crippen molar-refractivity contribution < 1.29 is 14.1 Å². The Labute approximate surface area is 122 Å². The number of amides is 1. The molecule has 0 radical (unpaired) electrons. The van der Waals surface area contributed by atoms with Crippen LogP contribution >= 0.6 is 0 Å². The molecule has 0 unspecified atom stereocenters. The highest BCUT2D eigenvalue weighted by molar-refractivity contribution is 5.95. The van der Waals surface area contributed by atoms with Crippen molar-refractivity contribution in [3.8, 4) is 0 Å². The van der Waals surface area contributed by atoms with Gasteiger partial charge in [-0.1, -0.05) is 19.8 Å². The second-order valence-electron chi connectivity index (χ2n) is 6.08. The van der Waals surface area contributed by atoms with Gasteiger partial charge in [-0.3, -0.25) is 14.9 Å². The van der Waals surface area contributed by atoms with Gasteiger partial charge in [0.25, 0.3) is 11.6 Å². The summed E-state index contributed by atoms with van der Waals surface area (Å²) in [4.78, 5) is 22.3. The number of hydrogen-bond acceptors (Lipinski definition) is 3. The third-order valence-electron chi connectivity index (χ3n) is 4.18. The lowest BCUT2D eigenvalue weighted by atomic mass is 9.89. The van der Waals surface area contributed by atoms with Gasteiger partial charge < -0.3 is 5.32 Å². The first kappa shape index (κ1) is 15.4. The van der Waals surface area contributed by atoms with Crippen LogP contribution in [-0.2, 0) is 0 Å². The van der Waals surface area contributed by atoms with E-state index in [1.807, 2.05) is 0 Å². The van der Waals surface area contributed by atoms with E-state index in [-0.39, 0.29) is 22.2 Å². The summed E-state index contributed by atoms with van der Waals surface area (Å²) in [5.41, 5.74) is -0.391. The Balaban J connectivity index is 2.16. The van der Waals surface area contributed by atoms with Crippen LogP contribution in [0.25, 0.3) is 0 Å². The van der Waals surface area contributed by atoms with Crippen LogP contribution in [0, 0.1) is 28.3 Å². The fourth-order valence-corrected chi connectivity index (χ4v) is 2.82. The summed E-state index contributed by atoms with van der Waals surface area (Å²) in [6.07, 6.45) is 4.33. The first-order valence-corrected chi connectivity index (χ1v) is 7.05. The van der Waals surface area contributed by atoms with Crippen LogP contribution in [0.2, 0.25) is 0 Å². The lowest BCUT2D eigenvalue weighted by Gasteiger charge is -2.23. The minimum absolute atomic E-state index is 0.0435. The lowest BCUT2D eigenvalue weighted by molar-refractivity contribution is -0.385. The number of carbonyl (C=O) groups excluding carboxylic acids is 1. The van der Waals surface area contributed by atoms with Crippen molar-refractivity contribution in [2.75, 3.05) is 6.54 Å². The summed E-state index contributed by atoms with van der Waals surface area (Å²) in [5.74, 6) is -1.29. The zero-order valence-corrected chi connectivity index (χ0v) is 12.2.